The van der Waals surface area contributed by atoms with Crippen LogP contribution in [0.2, 0.25) is 0 Å². The highest BCUT2D eigenvalue weighted by Crippen LogP contribution is 2.38. The Morgan fingerprint density at radius 2 is 1.31 bits per heavy atom. The number of rotatable bonds is 5. The van der Waals surface area contributed by atoms with Crippen molar-refractivity contribution >= 4 is 32.3 Å². The first-order valence-electron chi connectivity index (χ1n) is 9.65. The fourth-order valence-corrected chi connectivity index (χ4v) is 3.97. The van der Waals surface area contributed by atoms with E-state index in [2.05, 4.69) is 62.4 Å². The number of aryl methyl sites for hydroxylation is 2. The molecule has 0 saturated heterocycles. The second kappa shape index (κ2) is 8.48. The molecule has 0 heterocycles. The summed E-state index contributed by atoms with van der Waals surface area (Å²) < 4.78 is 0. The lowest BCUT2D eigenvalue weighted by atomic mass is 9.87. The molecule has 2 N–H and O–H groups in total. The summed E-state index contributed by atoms with van der Waals surface area (Å²) in [6.45, 7) is 4.31. The first kappa shape index (κ1) is 18.6. The Kier molecular flexibility index (Phi) is 6.08. The van der Waals surface area contributed by atoms with Crippen molar-refractivity contribution in [3.05, 3.63) is 59.7 Å². The van der Waals surface area contributed by atoms with Gasteiger partial charge in [0, 0.05) is 0 Å². The molecule has 4 aromatic rings. The summed E-state index contributed by atoms with van der Waals surface area (Å²) in [5, 5.41) is 23.8. The van der Waals surface area contributed by atoms with Gasteiger partial charge >= 0.3 is 0 Å². The van der Waals surface area contributed by atoms with E-state index in [1.165, 1.54) is 58.0 Å². The van der Waals surface area contributed by atoms with Crippen LogP contribution in [0.1, 0.15) is 37.8 Å². The first-order chi connectivity index (χ1) is 12.7. The Labute approximate surface area is 155 Å². The van der Waals surface area contributed by atoms with Crippen LogP contribution in [0.25, 0.3) is 32.3 Å². The summed E-state index contributed by atoms with van der Waals surface area (Å²) in [7, 11) is 0. The zero-order chi connectivity index (χ0) is 18.5. The fourth-order valence-electron chi connectivity index (χ4n) is 3.97. The van der Waals surface area contributed by atoms with E-state index in [1.807, 2.05) is 0 Å². The van der Waals surface area contributed by atoms with Gasteiger partial charge in [0.25, 0.3) is 0 Å². The van der Waals surface area contributed by atoms with Crippen LogP contribution in [-0.4, -0.2) is 23.4 Å². The summed E-state index contributed by atoms with van der Waals surface area (Å²) in [6, 6.07) is 18.3. The van der Waals surface area contributed by atoms with Gasteiger partial charge in [-0.2, -0.15) is 0 Å². The molecule has 0 atom stereocenters. The van der Waals surface area contributed by atoms with E-state index in [0.29, 0.717) is 0 Å². The molecule has 0 aromatic heterocycles. The molecule has 0 radical (unpaired) electrons. The molecule has 26 heavy (non-hydrogen) atoms. The highest BCUT2D eigenvalue weighted by atomic mass is 16.3. The number of hydrogen-bond donors (Lipinski definition) is 2. The van der Waals surface area contributed by atoms with Crippen LogP contribution in [0, 0.1) is 0 Å². The molecule has 0 spiro atoms. The largest absolute Gasteiger partial charge is 0.394 e. The summed E-state index contributed by atoms with van der Waals surface area (Å²) >= 11 is 0. The summed E-state index contributed by atoms with van der Waals surface area (Å²) in [4.78, 5) is 0. The van der Waals surface area contributed by atoms with Crippen LogP contribution < -0.4 is 0 Å². The van der Waals surface area contributed by atoms with E-state index in [4.69, 9.17) is 10.2 Å². The molecular formula is C24H28O2. The molecule has 0 bridgehead atoms. The van der Waals surface area contributed by atoms with E-state index in [1.54, 1.807) is 11.1 Å². The molecule has 0 amide bonds. The second-order valence-corrected chi connectivity index (χ2v) is 6.82. The van der Waals surface area contributed by atoms with E-state index in [0.717, 1.165) is 0 Å². The molecule has 2 nitrogen and oxygen atoms in total. The molecule has 0 aliphatic heterocycles. The Morgan fingerprint density at radius 1 is 0.692 bits per heavy atom. The lowest BCUT2D eigenvalue weighted by molar-refractivity contribution is 0.186. The number of benzene rings is 4. The molecule has 0 aliphatic rings. The number of aliphatic hydroxyl groups excluding tert-OH is 2. The van der Waals surface area contributed by atoms with E-state index in [9.17, 15) is 0 Å². The van der Waals surface area contributed by atoms with Crippen LogP contribution >= 0.6 is 0 Å². The third-order valence-corrected chi connectivity index (χ3v) is 4.97. The summed E-state index contributed by atoms with van der Waals surface area (Å²) in [5.41, 5.74) is 3.13. The smallest absolute Gasteiger partial charge is 0.0662 e. The third kappa shape index (κ3) is 3.40. The maximum atomic E-state index is 7.62. The van der Waals surface area contributed by atoms with Gasteiger partial charge in [-0.25, -0.2) is 0 Å². The molecule has 0 fully saturated rings. The van der Waals surface area contributed by atoms with Crippen molar-refractivity contribution in [3.8, 4) is 0 Å². The lowest BCUT2D eigenvalue weighted by Gasteiger charge is -2.17. The predicted molar refractivity (Wildman–Crippen MR) is 112 cm³/mol. The molecule has 0 unspecified atom stereocenters. The normalized spacial score (nSPS) is 11.2. The molecule has 4 aromatic carbocycles. The Hall–Kier alpha value is -2.16. The van der Waals surface area contributed by atoms with Gasteiger partial charge in [0.2, 0.25) is 0 Å². The SMILES string of the molecule is CCCc1cc2ccc3cccc4ccc(c1CCC)c2c34.OCCO. The predicted octanol–water partition coefficient (Wildman–Crippen LogP) is 5.46. The zero-order valence-electron chi connectivity index (χ0n) is 15.8. The van der Waals surface area contributed by atoms with Crippen LogP contribution in [-0.2, 0) is 12.8 Å². The van der Waals surface area contributed by atoms with E-state index in [-0.39, 0.29) is 13.2 Å². The van der Waals surface area contributed by atoms with E-state index >= 15 is 0 Å². The fraction of sp³-hybridized carbons (Fsp3) is 0.333. The molecule has 4 rings (SSSR count). The highest BCUT2D eigenvalue weighted by molar-refractivity contribution is 6.23. The lowest BCUT2D eigenvalue weighted by Crippen LogP contribution is -1.97. The number of hydrogen-bond acceptors (Lipinski definition) is 2. The van der Waals surface area contributed by atoms with Crippen molar-refractivity contribution < 1.29 is 10.2 Å². The minimum atomic E-state index is -0.125. The molecular weight excluding hydrogens is 320 g/mol. The zero-order valence-corrected chi connectivity index (χ0v) is 15.8. The Balaban J connectivity index is 0.000000447. The van der Waals surface area contributed by atoms with Gasteiger partial charge in [-0.3, -0.25) is 0 Å². The van der Waals surface area contributed by atoms with E-state index < -0.39 is 0 Å². The molecule has 0 aliphatic carbocycles. The minimum absolute atomic E-state index is 0.125. The van der Waals surface area contributed by atoms with Crippen molar-refractivity contribution in [2.45, 2.75) is 39.5 Å². The van der Waals surface area contributed by atoms with Gasteiger partial charge in [0.1, 0.15) is 0 Å². The molecule has 0 saturated carbocycles. The monoisotopic (exact) mass is 348 g/mol. The van der Waals surface area contributed by atoms with Gasteiger partial charge in [0.15, 0.2) is 0 Å². The van der Waals surface area contributed by atoms with Crippen molar-refractivity contribution in [3.63, 3.8) is 0 Å². The van der Waals surface area contributed by atoms with Crippen LogP contribution in [0.15, 0.2) is 48.5 Å². The second-order valence-electron chi connectivity index (χ2n) is 6.82. The van der Waals surface area contributed by atoms with Gasteiger partial charge in [-0.1, -0.05) is 75.2 Å². The standard InChI is InChI=1S/C22H22.C2H6O2/c1-3-6-17-14-18-11-10-15-8-5-9-16-12-13-20(19(17)7-4-2)22(18)21(15)16;3-1-2-4/h5,8-14H,3-4,6-7H2,1-2H3;3-4H,1-2H2. The maximum absolute atomic E-state index is 7.62. The van der Waals surface area contributed by atoms with Crippen molar-refractivity contribution in [1.29, 1.82) is 0 Å². The summed E-state index contributed by atoms with van der Waals surface area (Å²) in [5.74, 6) is 0. The van der Waals surface area contributed by atoms with Crippen LogP contribution in [0.3, 0.4) is 0 Å². The first-order valence-corrected chi connectivity index (χ1v) is 9.65. The van der Waals surface area contributed by atoms with Gasteiger partial charge in [-0.05, 0) is 56.3 Å². The number of aliphatic hydroxyl groups is 2. The third-order valence-electron chi connectivity index (χ3n) is 4.97. The molecule has 2 heteroatoms. The van der Waals surface area contributed by atoms with Crippen molar-refractivity contribution in [1.82, 2.24) is 0 Å². The van der Waals surface area contributed by atoms with Crippen molar-refractivity contribution in [2.75, 3.05) is 13.2 Å². The maximum Gasteiger partial charge on any atom is 0.0662 e. The van der Waals surface area contributed by atoms with Gasteiger partial charge in [0.05, 0.1) is 13.2 Å². The highest BCUT2D eigenvalue weighted by Gasteiger charge is 2.13. The quantitative estimate of drug-likeness (QED) is 0.470. The average Bonchev–Trinajstić information content (AvgIpc) is 2.68. The van der Waals surface area contributed by atoms with Gasteiger partial charge in [-0.15, -0.1) is 0 Å². The Bertz CT molecular complexity index is 970. The summed E-state index contributed by atoms with van der Waals surface area (Å²) in [6.07, 6.45) is 4.79. The average molecular weight is 348 g/mol. The van der Waals surface area contributed by atoms with Gasteiger partial charge < -0.3 is 10.2 Å². The van der Waals surface area contributed by atoms with Crippen LogP contribution in [0.4, 0.5) is 0 Å². The van der Waals surface area contributed by atoms with Crippen molar-refractivity contribution in [2.24, 2.45) is 0 Å². The molecule has 136 valence electrons. The Morgan fingerprint density at radius 3 is 1.92 bits per heavy atom. The van der Waals surface area contributed by atoms with Crippen LogP contribution in [0.5, 0.6) is 0 Å². The minimum Gasteiger partial charge on any atom is -0.394 e. The topological polar surface area (TPSA) is 40.5 Å².